The summed E-state index contributed by atoms with van der Waals surface area (Å²) < 4.78 is 3.60. The molecule has 0 aliphatic rings. The normalized spacial score (nSPS) is 11.3. The van der Waals surface area contributed by atoms with Crippen LogP contribution in [0.3, 0.4) is 0 Å². The molecule has 0 unspecified atom stereocenters. The highest BCUT2D eigenvalue weighted by Crippen LogP contribution is 1.95. The first-order valence-corrected chi connectivity index (χ1v) is 6.16. The smallest absolute Gasteiger partial charge is 0.137 e. The van der Waals surface area contributed by atoms with Crippen molar-refractivity contribution in [2.75, 3.05) is 6.54 Å². The molecular weight excluding hydrogens is 230 g/mol. The molecule has 0 amide bonds. The van der Waals surface area contributed by atoms with E-state index in [0.29, 0.717) is 5.92 Å². The van der Waals surface area contributed by atoms with Crippen molar-refractivity contribution in [3.63, 3.8) is 0 Å². The zero-order chi connectivity index (χ0) is 12.8. The topological polar surface area (TPSA) is 73.5 Å². The second kappa shape index (κ2) is 6.25. The number of aromatic nitrogens is 6. The lowest BCUT2D eigenvalue weighted by Crippen LogP contribution is -2.19. The van der Waals surface area contributed by atoms with Gasteiger partial charge in [0.1, 0.15) is 12.7 Å². The number of rotatable bonds is 7. The van der Waals surface area contributed by atoms with Gasteiger partial charge in [-0.15, -0.1) is 5.10 Å². The summed E-state index contributed by atoms with van der Waals surface area (Å²) in [5.41, 5.74) is 0.967. The first-order valence-electron chi connectivity index (χ1n) is 6.16. The van der Waals surface area contributed by atoms with Crippen molar-refractivity contribution in [2.24, 2.45) is 5.92 Å². The van der Waals surface area contributed by atoms with E-state index in [2.05, 4.69) is 39.6 Å². The number of nitrogens with one attached hydrogen (secondary N) is 1. The summed E-state index contributed by atoms with van der Waals surface area (Å²) in [6, 6.07) is 0. The Kier molecular flexibility index (Phi) is 4.40. The Labute approximate surface area is 106 Å². The van der Waals surface area contributed by atoms with Crippen LogP contribution in [-0.2, 0) is 19.6 Å². The van der Waals surface area contributed by atoms with Crippen molar-refractivity contribution in [3.8, 4) is 0 Å². The van der Waals surface area contributed by atoms with Crippen LogP contribution in [-0.4, -0.2) is 36.3 Å². The number of hydrogen-bond acceptors (Lipinski definition) is 5. The molecule has 0 saturated carbocycles. The average Bonchev–Trinajstić information content (AvgIpc) is 2.96. The van der Waals surface area contributed by atoms with Gasteiger partial charge in [-0.1, -0.05) is 19.1 Å². The Bertz CT molecular complexity index is 446. The summed E-state index contributed by atoms with van der Waals surface area (Å²) in [5.74, 6) is 0.646. The molecule has 0 spiro atoms. The molecule has 0 saturated heterocycles. The van der Waals surface area contributed by atoms with Crippen LogP contribution in [0.2, 0.25) is 0 Å². The zero-order valence-electron chi connectivity index (χ0n) is 10.8. The predicted molar refractivity (Wildman–Crippen MR) is 66.6 cm³/mol. The lowest BCUT2D eigenvalue weighted by Gasteiger charge is -2.04. The maximum atomic E-state index is 4.12. The van der Waals surface area contributed by atoms with Crippen LogP contribution < -0.4 is 5.32 Å². The molecule has 2 aromatic heterocycles. The van der Waals surface area contributed by atoms with E-state index in [4.69, 9.17) is 0 Å². The van der Waals surface area contributed by atoms with Gasteiger partial charge >= 0.3 is 0 Å². The van der Waals surface area contributed by atoms with Crippen molar-refractivity contribution < 1.29 is 0 Å². The molecule has 0 aliphatic heterocycles. The van der Waals surface area contributed by atoms with Crippen molar-refractivity contribution in [3.05, 3.63) is 24.5 Å². The van der Waals surface area contributed by atoms with Crippen molar-refractivity contribution >= 4 is 0 Å². The minimum Gasteiger partial charge on any atom is -0.311 e. The van der Waals surface area contributed by atoms with E-state index in [9.17, 15) is 0 Å². The van der Waals surface area contributed by atoms with Gasteiger partial charge in [0.2, 0.25) is 0 Å². The zero-order valence-corrected chi connectivity index (χ0v) is 10.8. The number of hydrogen-bond donors (Lipinski definition) is 1. The fraction of sp³-hybridized carbons (Fsp3) is 0.636. The van der Waals surface area contributed by atoms with Gasteiger partial charge in [0.15, 0.2) is 0 Å². The molecule has 2 heterocycles. The average molecular weight is 249 g/mol. The first-order chi connectivity index (χ1) is 8.74. The molecule has 7 nitrogen and oxygen atoms in total. The standard InChI is InChI=1S/C11H19N7/c1-10(2)5-12-6-11-7-17(16-15-11)3-4-18-9-13-8-14-18/h7-10,12H,3-6H2,1-2H3. The molecule has 18 heavy (non-hydrogen) atoms. The lowest BCUT2D eigenvalue weighted by molar-refractivity contribution is 0.489. The highest BCUT2D eigenvalue weighted by Gasteiger charge is 2.01. The molecule has 0 bridgehead atoms. The van der Waals surface area contributed by atoms with Crippen molar-refractivity contribution in [2.45, 2.75) is 33.5 Å². The minimum absolute atomic E-state index is 0.646. The molecule has 1 N–H and O–H groups in total. The highest BCUT2D eigenvalue weighted by molar-refractivity contribution is 4.91. The van der Waals surface area contributed by atoms with E-state index in [1.54, 1.807) is 11.0 Å². The molecule has 0 fully saturated rings. The summed E-state index contributed by atoms with van der Waals surface area (Å²) in [4.78, 5) is 3.89. The maximum absolute atomic E-state index is 4.12. The van der Waals surface area contributed by atoms with Gasteiger partial charge in [-0.2, -0.15) is 5.10 Å². The van der Waals surface area contributed by atoms with Crippen LogP contribution in [0.4, 0.5) is 0 Å². The van der Waals surface area contributed by atoms with E-state index in [0.717, 1.165) is 31.9 Å². The Balaban J connectivity index is 1.75. The molecule has 0 aliphatic carbocycles. The molecule has 98 valence electrons. The van der Waals surface area contributed by atoms with E-state index >= 15 is 0 Å². The summed E-state index contributed by atoms with van der Waals surface area (Å²) in [6.45, 7) is 7.63. The van der Waals surface area contributed by atoms with Crippen LogP contribution in [0.15, 0.2) is 18.9 Å². The number of nitrogens with zero attached hydrogens (tertiary/aromatic N) is 6. The highest BCUT2D eigenvalue weighted by atomic mass is 15.4. The van der Waals surface area contributed by atoms with Crippen LogP contribution in [0.25, 0.3) is 0 Å². The first kappa shape index (κ1) is 12.7. The quantitative estimate of drug-likeness (QED) is 0.764. The summed E-state index contributed by atoms with van der Waals surface area (Å²) in [5, 5.41) is 15.6. The van der Waals surface area contributed by atoms with E-state index in [1.165, 1.54) is 6.33 Å². The summed E-state index contributed by atoms with van der Waals surface area (Å²) in [6.07, 6.45) is 5.19. The van der Waals surface area contributed by atoms with Crippen molar-refractivity contribution in [1.82, 2.24) is 35.1 Å². The van der Waals surface area contributed by atoms with Crippen molar-refractivity contribution in [1.29, 1.82) is 0 Å². The van der Waals surface area contributed by atoms with Crippen LogP contribution >= 0.6 is 0 Å². The fourth-order valence-corrected chi connectivity index (χ4v) is 1.57. The van der Waals surface area contributed by atoms with Gasteiger partial charge in [0.25, 0.3) is 0 Å². The van der Waals surface area contributed by atoms with Crippen LogP contribution in [0.5, 0.6) is 0 Å². The van der Waals surface area contributed by atoms with Gasteiger partial charge in [-0.25, -0.2) is 4.98 Å². The molecule has 2 aromatic rings. The van der Waals surface area contributed by atoms with Crippen LogP contribution in [0.1, 0.15) is 19.5 Å². The third-order valence-corrected chi connectivity index (χ3v) is 2.47. The Morgan fingerprint density at radius 1 is 1.28 bits per heavy atom. The SMILES string of the molecule is CC(C)CNCc1cn(CCn2cncn2)nn1. The predicted octanol–water partition coefficient (Wildman–Crippen LogP) is 0.315. The number of aryl methyl sites for hydroxylation is 2. The lowest BCUT2D eigenvalue weighted by atomic mass is 10.2. The van der Waals surface area contributed by atoms with E-state index in [-0.39, 0.29) is 0 Å². The van der Waals surface area contributed by atoms with E-state index in [1.807, 2.05) is 10.9 Å². The monoisotopic (exact) mass is 249 g/mol. The second-order valence-electron chi connectivity index (χ2n) is 4.66. The van der Waals surface area contributed by atoms with Gasteiger partial charge in [0, 0.05) is 12.7 Å². The second-order valence-corrected chi connectivity index (χ2v) is 4.66. The third kappa shape index (κ3) is 3.92. The van der Waals surface area contributed by atoms with Crippen LogP contribution in [0, 0.1) is 5.92 Å². The third-order valence-electron chi connectivity index (χ3n) is 2.47. The van der Waals surface area contributed by atoms with E-state index < -0.39 is 0 Å². The molecule has 2 rings (SSSR count). The molecule has 7 heteroatoms. The largest absolute Gasteiger partial charge is 0.311 e. The van der Waals surface area contributed by atoms with Gasteiger partial charge in [-0.3, -0.25) is 9.36 Å². The summed E-state index contributed by atoms with van der Waals surface area (Å²) in [7, 11) is 0. The van der Waals surface area contributed by atoms with Gasteiger partial charge < -0.3 is 5.32 Å². The molecule has 0 radical (unpaired) electrons. The van der Waals surface area contributed by atoms with Gasteiger partial charge in [0.05, 0.1) is 18.8 Å². The summed E-state index contributed by atoms with van der Waals surface area (Å²) >= 11 is 0. The Morgan fingerprint density at radius 3 is 2.83 bits per heavy atom. The Morgan fingerprint density at radius 2 is 2.11 bits per heavy atom. The molecule has 0 atom stereocenters. The fourth-order valence-electron chi connectivity index (χ4n) is 1.57. The van der Waals surface area contributed by atoms with Gasteiger partial charge in [-0.05, 0) is 12.5 Å². The molecular formula is C11H19N7. The molecule has 0 aromatic carbocycles. The Hall–Kier alpha value is -1.76. The minimum atomic E-state index is 0.646. The maximum Gasteiger partial charge on any atom is 0.137 e.